The van der Waals surface area contributed by atoms with Gasteiger partial charge < -0.3 is 14.2 Å². The van der Waals surface area contributed by atoms with Crippen molar-refractivity contribution < 1.29 is 14.0 Å². The van der Waals surface area contributed by atoms with Crippen molar-refractivity contribution in [2.75, 3.05) is 34.2 Å². The van der Waals surface area contributed by atoms with E-state index in [1.165, 1.54) is 0 Å². The molecule has 0 spiro atoms. The molecule has 6 nitrogen and oxygen atoms in total. The average Bonchev–Trinajstić information content (AvgIpc) is 3.26. The average molecular weight is 357 g/mol. The molecular weight excluding hydrogens is 330 g/mol. The number of para-hydroxylation sites is 1. The molecule has 26 heavy (non-hydrogen) atoms. The van der Waals surface area contributed by atoms with E-state index in [2.05, 4.69) is 0 Å². The highest BCUT2D eigenvalue weighted by Gasteiger charge is 2.34. The summed E-state index contributed by atoms with van der Waals surface area (Å²) in [6, 6.07) is 9.45. The Morgan fingerprint density at radius 2 is 2.00 bits per heavy atom. The van der Waals surface area contributed by atoms with E-state index in [1.807, 2.05) is 42.2 Å². The topological polar surface area (TPSA) is 57.0 Å². The fourth-order valence-electron chi connectivity index (χ4n) is 3.49. The maximum absolute atomic E-state index is 12.8. The van der Waals surface area contributed by atoms with Crippen LogP contribution in [0.2, 0.25) is 0 Å². The molecule has 1 aromatic carbocycles. The number of likely N-dealkylation sites (tertiary alicyclic amines) is 1. The standard InChI is InChI=1S/C20H27N3O3/c1-14(18-12-15-8-5-6-10-17(15)26-18)22(4)19(24)13-23-11-7-9-16(23)20(25)21(2)3/h5-6,8,10,12,14,16H,7,9,11,13H2,1-4H3. The highest BCUT2D eigenvalue weighted by molar-refractivity contribution is 5.84. The van der Waals surface area contributed by atoms with Gasteiger partial charge in [-0.3, -0.25) is 14.5 Å². The van der Waals surface area contributed by atoms with Gasteiger partial charge in [-0.2, -0.15) is 0 Å². The molecule has 3 rings (SSSR count). The maximum Gasteiger partial charge on any atom is 0.239 e. The number of fused-ring (bicyclic) bond motifs is 1. The summed E-state index contributed by atoms with van der Waals surface area (Å²) in [5.74, 6) is 0.837. The van der Waals surface area contributed by atoms with Crippen molar-refractivity contribution in [3.63, 3.8) is 0 Å². The molecule has 1 saturated heterocycles. The van der Waals surface area contributed by atoms with Crippen LogP contribution in [0.1, 0.15) is 31.6 Å². The van der Waals surface area contributed by atoms with Gasteiger partial charge in [-0.1, -0.05) is 18.2 Å². The molecule has 0 radical (unpaired) electrons. The Morgan fingerprint density at radius 1 is 1.27 bits per heavy atom. The molecule has 0 bridgehead atoms. The normalized spacial score (nSPS) is 18.8. The van der Waals surface area contributed by atoms with Crippen LogP contribution in [-0.2, 0) is 9.59 Å². The van der Waals surface area contributed by atoms with Gasteiger partial charge >= 0.3 is 0 Å². The third kappa shape index (κ3) is 3.60. The maximum atomic E-state index is 12.8. The van der Waals surface area contributed by atoms with Crippen molar-refractivity contribution in [1.29, 1.82) is 0 Å². The summed E-state index contributed by atoms with van der Waals surface area (Å²) in [5.41, 5.74) is 0.825. The lowest BCUT2D eigenvalue weighted by atomic mass is 10.2. The Kier molecular flexibility index (Phi) is 5.32. The van der Waals surface area contributed by atoms with Gasteiger partial charge in [0.05, 0.1) is 18.6 Å². The van der Waals surface area contributed by atoms with Gasteiger partial charge in [0.2, 0.25) is 11.8 Å². The molecule has 140 valence electrons. The van der Waals surface area contributed by atoms with Crippen LogP contribution in [0.3, 0.4) is 0 Å². The number of rotatable bonds is 5. The van der Waals surface area contributed by atoms with Crippen LogP contribution >= 0.6 is 0 Å². The van der Waals surface area contributed by atoms with Crippen molar-refractivity contribution in [3.8, 4) is 0 Å². The monoisotopic (exact) mass is 357 g/mol. The summed E-state index contributed by atoms with van der Waals surface area (Å²) in [4.78, 5) is 30.4. The number of carbonyl (C=O) groups is 2. The van der Waals surface area contributed by atoms with Crippen LogP contribution in [0.15, 0.2) is 34.7 Å². The molecule has 1 fully saturated rings. The van der Waals surface area contributed by atoms with Crippen molar-refractivity contribution in [2.24, 2.45) is 0 Å². The van der Waals surface area contributed by atoms with Crippen LogP contribution in [-0.4, -0.2) is 66.8 Å². The minimum Gasteiger partial charge on any atom is -0.459 e. The Hall–Kier alpha value is -2.34. The van der Waals surface area contributed by atoms with E-state index >= 15 is 0 Å². The first-order valence-corrected chi connectivity index (χ1v) is 9.08. The molecule has 2 unspecified atom stereocenters. The van der Waals surface area contributed by atoms with Gasteiger partial charge in [0.15, 0.2) is 0 Å². The zero-order valence-electron chi connectivity index (χ0n) is 15.9. The van der Waals surface area contributed by atoms with Crippen molar-refractivity contribution in [3.05, 3.63) is 36.1 Å². The lowest BCUT2D eigenvalue weighted by Gasteiger charge is -2.29. The summed E-state index contributed by atoms with van der Waals surface area (Å²) < 4.78 is 5.89. The van der Waals surface area contributed by atoms with Gasteiger partial charge in [0, 0.05) is 26.5 Å². The molecule has 0 saturated carbocycles. The largest absolute Gasteiger partial charge is 0.459 e. The van der Waals surface area contributed by atoms with Crippen molar-refractivity contribution in [1.82, 2.24) is 14.7 Å². The van der Waals surface area contributed by atoms with Crippen LogP contribution in [0.25, 0.3) is 11.0 Å². The smallest absolute Gasteiger partial charge is 0.239 e. The minimum absolute atomic E-state index is 0.00332. The number of carbonyl (C=O) groups excluding carboxylic acids is 2. The van der Waals surface area contributed by atoms with Gasteiger partial charge in [-0.05, 0) is 38.4 Å². The van der Waals surface area contributed by atoms with Crippen molar-refractivity contribution in [2.45, 2.75) is 31.8 Å². The fourth-order valence-corrected chi connectivity index (χ4v) is 3.49. The fraction of sp³-hybridized carbons (Fsp3) is 0.500. The third-order valence-electron chi connectivity index (χ3n) is 5.26. The minimum atomic E-state index is -0.191. The molecule has 0 aliphatic carbocycles. The predicted octanol–water partition coefficient (Wildman–Crippen LogP) is 2.50. The first kappa shape index (κ1) is 18.5. The van der Waals surface area contributed by atoms with Gasteiger partial charge in [-0.15, -0.1) is 0 Å². The van der Waals surface area contributed by atoms with Gasteiger partial charge in [0.25, 0.3) is 0 Å². The SMILES string of the molecule is CC(c1cc2ccccc2o1)N(C)C(=O)CN1CCCC1C(=O)N(C)C. The number of hydrogen-bond acceptors (Lipinski definition) is 4. The van der Waals surface area contributed by atoms with E-state index in [0.29, 0.717) is 0 Å². The summed E-state index contributed by atoms with van der Waals surface area (Å²) in [5, 5.41) is 1.03. The number of benzene rings is 1. The molecule has 1 aromatic heterocycles. The highest BCUT2D eigenvalue weighted by Crippen LogP contribution is 2.27. The molecule has 2 atom stereocenters. The molecular formula is C20H27N3O3. The molecule has 1 aliphatic rings. The Labute approximate surface area is 154 Å². The first-order chi connectivity index (χ1) is 12.4. The van der Waals surface area contributed by atoms with Crippen LogP contribution < -0.4 is 0 Å². The number of amides is 2. The second-order valence-electron chi connectivity index (χ2n) is 7.23. The van der Waals surface area contributed by atoms with Crippen LogP contribution in [0, 0.1) is 0 Å². The van der Waals surface area contributed by atoms with E-state index in [4.69, 9.17) is 4.42 Å². The predicted molar refractivity (Wildman–Crippen MR) is 101 cm³/mol. The Balaban J connectivity index is 1.67. The Morgan fingerprint density at radius 3 is 2.69 bits per heavy atom. The number of likely N-dealkylation sites (N-methyl/N-ethyl adjacent to an activating group) is 2. The molecule has 6 heteroatoms. The van der Waals surface area contributed by atoms with Crippen LogP contribution in [0.4, 0.5) is 0 Å². The van der Waals surface area contributed by atoms with E-state index in [9.17, 15) is 9.59 Å². The lowest BCUT2D eigenvalue weighted by molar-refractivity contribution is -0.137. The first-order valence-electron chi connectivity index (χ1n) is 9.08. The van der Waals surface area contributed by atoms with Gasteiger partial charge in [-0.25, -0.2) is 0 Å². The summed E-state index contributed by atoms with van der Waals surface area (Å²) >= 11 is 0. The molecule has 2 heterocycles. The number of furan rings is 1. The summed E-state index contributed by atoms with van der Waals surface area (Å²) in [7, 11) is 5.31. The third-order valence-corrected chi connectivity index (χ3v) is 5.26. The van der Waals surface area contributed by atoms with E-state index in [0.717, 1.165) is 36.1 Å². The number of hydrogen-bond donors (Lipinski definition) is 0. The Bertz CT molecular complexity index is 765. The second-order valence-corrected chi connectivity index (χ2v) is 7.23. The second kappa shape index (κ2) is 7.50. The summed E-state index contributed by atoms with van der Waals surface area (Å²) in [6.45, 7) is 3.00. The van der Waals surface area contributed by atoms with Crippen molar-refractivity contribution >= 4 is 22.8 Å². The molecule has 2 amide bonds. The zero-order valence-corrected chi connectivity index (χ0v) is 15.9. The molecule has 2 aromatic rings. The zero-order chi connectivity index (χ0) is 18.8. The van der Waals surface area contributed by atoms with E-state index < -0.39 is 0 Å². The lowest BCUT2D eigenvalue weighted by Crippen LogP contribution is -2.47. The summed E-state index contributed by atoms with van der Waals surface area (Å²) in [6.07, 6.45) is 1.76. The number of nitrogens with zero attached hydrogens (tertiary/aromatic N) is 3. The molecule has 0 N–H and O–H groups in total. The molecule has 1 aliphatic heterocycles. The van der Waals surface area contributed by atoms with Crippen LogP contribution in [0.5, 0.6) is 0 Å². The quantitative estimate of drug-likeness (QED) is 0.825. The van der Waals surface area contributed by atoms with Gasteiger partial charge in [0.1, 0.15) is 11.3 Å². The highest BCUT2D eigenvalue weighted by atomic mass is 16.3. The van der Waals surface area contributed by atoms with E-state index in [1.54, 1.807) is 30.9 Å². The van der Waals surface area contributed by atoms with E-state index in [-0.39, 0.29) is 30.4 Å².